The first-order valence-electron chi connectivity index (χ1n) is 10.2. The van der Waals surface area contributed by atoms with Crippen molar-refractivity contribution in [3.8, 4) is 11.3 Å². The minimum atomic E-state index is -2.74. The summed E-state index contributed by atoms with van der Waals surface area (Å²) in [4.78, 5) is 39.9. The number of benzene rings is 1. The van der Waals surface area contributed by atoms with Crippen LogP contribution in [0.4, 0.5) is 4.39 Å². The summed E-state index contributed by atoms with van der Waals surface area (Å²) in [5.74, 6) is -4.09. The number of nitrogens with one attached hydrogen (secondary N) is 1. The highest BCUT2D eigenvalue weighted by atomic mass is 19.1. The van der Waals surface area contributed by atoms with Crippen molar-refractivity contribution < 1.29 is 39.2 Å². The second kappa shape index (κ2) is 10.9. The number of nitrogens with zero attached hydrogens (tertiary/aromatic N) is 2. The summed E-state index contributed by atoms with van der Waals surface area (Å²) in [6.07, 6.45) is -1.37. The zero-order valence-corrected chi connectivity index (χ0v) is 18.2. The molecule has 1 aliphatic heterocycles. The normalized spacial score (nSPS) is 13.0. The van der Waals surface area contributed by atoms with Gasteiger partial charge in [0.25, 0.3) is 0 Å². The third-order valence-electron chi connectivity index (χ3n) is 4.87. The Labute approximate surface area is 189 Å². The molecule has 1 aromatic carbocycles. The largest absolute Gasteiger partial charge is 0.481 e. The quantitative estimate of drug-likeness (QED) is 0.408. The van der Waals surface area contributed by atoms with Gasteiger partial charge >= 0.3 is 17.9 Å². The van der Waals surface area contributed by atoms with Crippen molar-refractivity contribution in [3.05, 3.63) is 47.2 Å². The molecule has 2 aromatic rings. The van der Waals surface area contributed by atoms with Crippen LogP contribution in [0.3, 0.4) is 0 Å². The van der Waals surface area contributed by atoms with Gasteiger partial charge in [0.2, 0.25) is 0 Å². The fraction of sp³-hybridized carbons (Fsp3) is 0.409. The van der Waals surface area contributed by atoms with Crippen molar-refractivity contribution in [1.82, 2.24) is 15.3 Å². The van der Waals surface area contributed by atoms with Crippen molar-refractivity contribution >= 4 is 17.9 Å². The fourth-order valence-electron chi connectivity index (χ4n) is 3.18. The topological polar surface area (TPSA) is 170 Å². The molecule has 10 nitrogen and oxygen atoms in total. The van der Waals surface area contributed by atoms with Crippen LogP contribution in [-0.4, -0.2) is 60.4 Å². The lowest BCUT2D eigenvalue weighted by molar-refractivity contribution is -0.170. The molecule has 178 valence electrons. The number of fused-ring (bicyclic) bond motifs is 1. The number of carboxylic acids is 3. The third kappa shape index (κ3) is 7.02. The molecule has 3 rings (SSSR count). The van der Waals surface area contributed by atoms with Crippen LogP contribution in [0, 0.1) is 5.82 Å². The van der Waals surface area contributed by atoms with Gasteiger partial charge in [-0.25, -0.2) is 19.2 Å². The molecule has 33 heavy (non-hydrogen) atoms. The minimum absolute atomic E-state index is 0.223. The van der Waals surface area contributed by atoms with E-state index in [4.69, 9.17) is 30.4 Å². The third-order valence-corrected chi connectivity index (χ3v) is 4.87. The summed E-state index contributed by atoms with van der Waals surface area (Å²) in [5, 5.41) is 37.2. The fourth-order valence-corrected chi connectivity index (χ4v) is 3.18. The van der Waals surface area contributed by atoms with Crippen LogP contribution in [0.1, 0.15) is 49.7 Å². The maximum atomic E-state index is 13.1. The molecule has 0 bridgehead atoms. The smallest absolute Gasteiger partial charge is 0.336 e. The first-order valence-corrected chi connectivity index (χ1v) is 10.2. The SMILES string of the molecule is CC(C)c1nc2c(c(-c3ccc(F)cc3)n1)CNCC2.O=C(O)CC(O)(CC(=O)O)C(=O)O. The van der Waals surface area contributed by atoms with E-state index in [1.54, 1.807) is 12.1 Å². The van der Waals surface area contributed by atoms with E-state index in [0.29, 0.717) is 0 Å². The van der Waals surface area contributed by atoms with Crippen LogP contribution in [0.2, 0.25) is 0 Å². The van der Waals surface area contributed by atoms with Gasteiger partial charge in [0.05, 0.1) is 24.2 Å². The number of carbonyl (C=O) groups is 3. The summed E-state index contributed by atoms with van der Waals surface area (Å²) in [5.41, 5.74) is 1.42. The Kier molecular flexibility index (Phi) is 8.55. The number of carboxylic acid groups (broad SMARTS) is 3. The monoisotopic (exact) mass is 463 g/mol. The van der Waals surface area contributed by atoms with Gasteiger partial charge in [0.15, 0.2) is 5.60 Å². The molecule has 0 unspecified atom stereocenters. The molecular weight excluding hydrogens is 437 g/mol. The lowest BCUT2D eigenvalue weighted by atomic mass is 9.96. The number of aliphatic hydroxyl groups is 1. The van der Waals surface area contributed by atoms with Crippen LogP contribution in [-0.2, 0) is 27.3 Å². The number of hydrogen-bond donors (Lipinski definition) is 5. The van der Waals surface area contributed by atoms with E-state index in [1.165, 1.54) is 12.1 Å². The van der Waals surface area contributed by atoms with Crippen molar-refractivity contribution in [3.63, 3.8) is 0 Å². The van der Waals surface area contributed by atoms with Crippen LogP contribution in [0.25, 0.3) is 11.3 Å². The molecule has 0 saturated heterocycles. The Balaban J connectivity index is 0.000000260. The highest BCUT2D eigenvalue weighted by Gasteiger charge is 2.40. The van der Waals surface area contributed by atoms with Crippen molar-refractivity contribution in [2.75, 3.05) is 6.54 Å². The maximum Gasteiger partial charge on any atom is 0.336 e. The predicted molar refractivity (Wildman–Crippen MR) is 114 cm³/mol. The molecule has 0 spiro atoms. The zero-order valence-electron chi connectivity index (χ0n) is 18.2. The zero-order chi connectivity index (χ0) is 24.8. The number of hydrogen-bond acceptors (Lipinski definition) is 7. The van der Waals surface area contributed by atoms with Gasteiger partial charge in [0.1, 0.15) is 11.6 Å². The van der Waals surface area contributed by atoms with Crippen molar-refractivity contribution in [1.29, 1.82) is 0 Å². The Hall–Kier alpha value is -3.44. The standard InChI is InChI=1S/C16H18FN3.C6H8O7/c1-10(2)16-19-14-7-8-18-9-13(14)15(20-16)11-3-5-12(17)6-4-11;7-3(8)1-6(13,5(11)12)2-4(9)10/h3-6,10,18H,7-9H2,1-2H3;13H,1-2H2,(H,7,8)(H,9,10)(H,11,12). The molecule has 0 amide bonds. The molecule has 1 aromatic heterocycles. The Morgan fingerprint density at radius 3 is 2.12 bits per heavy atom. The maximum absolute atomic E-state index is 13.1. The molecule has 11 heteroatoms. The van der Waals surface area contributed by atoms with Gasteiger partial charge in [0, 0.05) is 36.6 Å². The number of aromatic nitrogens is 2. The first-order chi connectivity index (χ1) is 15.4. The van der Waals surface area contributed by atoms with Gasteiger partial charge in [-0.15, -0.1) is 0 Å². The summed E-state index contributed by atoms with van der Waals surface area (Å²) in [6, 6.07) is 6.54. The van der Waals surface area contributed by atoms with Gasteiger partial charge in [-0.05, 0) is 24.3 Å². The summed E-state index contributed by atoms with van der Waals surface area (Å²) in [7, 11) is 0. The van der Waals surface area contributed by atoms with E-state index in [1.807, 2.05) is 0 Å². The highest BCUT2D eigenvalue weighted by molar-refractivity contribution is 5.88. The van der Waals surface area contributed by atoms with Gasteiger partial charge < -0.3 is 25.7 Å². The van der Waals surface area contributed by atoms with Crippen molar-refractivity contribution in [2.45, 2.75) is 51.2 Å². The molecule has 2 heterocycles. The van der Waals surface area contributed by atoms with E-state index < -0.39 is 36.4 Å². The Morgan fingerprint density at radius 1 is 1.06 bits per heavy atom. The average Bonchev–Trinajstić information content (AvgIpc) is 2.72. The summed E-state index contributed by atoms with van der Waals surface area (Å²) >= 11 is 0. The second-order valence-corrected chi connectivity index (χ2v) is 7.92. The van der Waals surface area contributed by atoms with Crippen LogP contribution in [0.5, 0.6) is 0 Å². The molecule has 5 N–H and O–H groups in total. The van der Waals surface area contributed by atoms with E-state index in [0.717, 1.165) is 47.8 Å². The Morgan fingerprint density at radius 2 is 1.64 bits per heavy atom. The summed E-state index contributed by atoms with van der Waals surface area (Å²) in [6.45, 7) is 5.92. The van der Waals surface area contributed by atoms with E-state index in [2.05, 4.69) is 19.2 Å². The predicted octanol–water partition coefficient (Wildman–Crippen LogP) is 1.80. The van der Waals surface area contributed by atoms with Crippen molar-refractivity contribution in [2.24, 2.45) is 0 Å². The van der Waals surface area contributed by atoms with Gasteiger partial charge in [-0.3, -0.25) is 9.59 Å². The molecule has 0 atom stereocenters. The molecule has 0 saturated carbocycles. The average molecular weight is 463 g/mol. The second-order valence-electron chi connectivity index (χ2n) is 7.92. The molecular formula is C22H26FN3O7. The molecule has 0 radical (unpaired) electrons. The highest BCUT2D eigenvalue weighted by Crippen LogP contribution is 2.27. The first kappa shape index (κ1) is 25.8. The van der Waals surface area contributed by atoms with E-state index in [9.17, 15) is 18.8 Å². The molecule has 1 aliphatic rings. The van der Waals surface area contributed by atoms with Crippen LogP contribution < -0.4 is 5.32 Å². The van der Waals surface area contributed by atoms with E-state index >= 15 is 0 Å². The molecule has 0 aliphatic carbocycles. The number of aliphatic carboxylic acids is 3. The van der Waals surface area contributed by atoms with Crippen LogP contribution >= 0.6 is 0 Å². The van der Waals surface area contributed by atoms with Gasteiger partial charge in [-0.2, -0.15) is 0 Å². The van der Waals surface area contributed by atoms with Crippen LogP contribution in [0.15, 0.2) is 24.3 Å². The summed E-state index contributed by atoms with van der Waals surface area (Å²) < 4.78 is 13.1. The lowest BCUT2D eigenvalue weighted by Crippen LogP contribution is -2.42. The lowest BCUT2D eigenvalue weighted by Gasteiger charge is -2.21. The Bertz CT molecular complexity index is 1010. The molecule has 0 fully saturated rings. The van der Waals surface area contributed by atoms with E-state index in [-0.39, 0.29) is 11.7 Å². The van der Waals surface area contributed by atoms with Gasteiger partial charge in [-0.1, -0.05) is 13.8 Å². The minimum Gasteiger partial charge on any atom is -0.481 e. The number of halogens is 1. The number of rotatable bonds is 7.